The van der Waals surface area contributed by atoms with Crippen LogP contribution in [0.15, 0.2) is 18.2 Å². The normalized spacial score (nSPS) is 18.8. The van der Waals surface area contributed by atoms with Gasteiger partial charge in [0.25, 0.3) is 0 Å². The standard InChI is InChI=1S/C14H20F2N2O/c1-18(11-4-6-19-7-5-11)14(9-17)10-2-3-12(15)13(16)8-10/h2-3,8,11,14H,4-7,9,17H2,1H3. The van der Waals surface area contributed by atoms with Gasteiger partial charge >= 0.3 is 0 Å². The molecule has 0 radical (unpaired) electrons. The largest absolute Gasteiger partial charge is 0.381 e. The van der Waals surface area contributed by atoms with Crippen LogP contribution in [0.4, 0.5) is 8.78 Å². The summed E-state index contributed by atoms with van der Waals surface area (Å²) in [5, 5.41) is 0. The van der Waals surface area contributed by atoms with Crippen LogP contribution in [0.25, 0.3) is 0 Å². The topological polar surface area (TPSA) is 38.5 Å². The maximum atomic E-state index is 13.3. The maximum Gasteiger partial charge on any atom is 0.159 e. The van der Waals surface area contributed by atoms with Crippen LogP contribution in [-0.2, 0) is 4.74 Å². The molecule has 1 aliphatic rings. The average Bonchev–Trinajstić information content (AvgIpc) is 2.44. The molecule has 5 heteroatoms. The monoisotopic (exact) mass is 270 g/mol. The lowest BCUT2D eigenvalue weighted by Crippen LogP contribution is -2.41. The first-order valence-corrected chi connectivity index (χ1v) is 6.58. The smallest absolute Gasteiger partial charge is 0.159 e. The van der Waals surface area contributed by atoms with Crippen molar-refractivity contribution in [1.82, 2.24) is 4.90 Å². The Labute approximate surface area is 112 Å². The van der Waals surface area contributed by atoms with Crippen molar-refractivity contribution in [2.24, 2.45) is 5.73 Å². The quantitative estimate of drug-likeness (QED) is 0.910. The molecule has 0 bridgehead atoms. The number of ether oxygens (including phenoxy) is 1. The van der Waals surface area contributed by atoms with Crippen molar-refractivity contribution in [1.29, 1.82) is 0 Å². The van der Waals surface area contributed by atoms with Gasteiger partial charge < -0.3 is 10.5 Å². The van der Waals surface area contributed by atoms with E-state index < -0.39 is 11.6 Å². The minimum Gasteiger partial charge on any atom is -0.381 e. The Bertz CT molecular complexity index is 422. The van der Waals surface area contributed by atoms with E-state index in [4.69, 9.17) is 10.5 Å². The van der Waals surface area contributed by atoms with E-state index in [2.05, 4.69) is 4.90 Å². The van der Waals surface area contributed by atoms with E-state index in [0.29, 0.717) is 12.6 Å². The highest BCUT2D eigenvalue weighted by Gasteiger charge is 2.25. The molecule has 0 saturated carbocycles. The highest BCUT2D eigenvalue weighted by molar-refractivity contribution is 5.22. The second kappa shape index (κ2) is 6.41. The first kappa shape index (κ1) is 14.4. The zero-order chi connectivity index (χ0) is 13.8. The molecule has 0 aliphatic carbocycles. The summed E-state index contributed by atoms with van der Waals surface area (Å²) in [5.41, 5.74) is 6.53. The lowest BCUT2D eigenvalue weighted by atomic mass is 10.0. The van der Waals surface area contributed by atoms with Crippen molar-refractivity contribution in [3.63, 3.8) is 0 Å². The highest BCUT2D eigenvalue weighted by Crippen LogP contribution is 2.25. The molecule has 1 aromatic carbocycles. The molecule has 3 nitrogen and oxygen atoms in total. The summed E-state index contributed by atoms with van der Waals surface area (Å²) < 4.78 is 31.6. The van der Waals surface area contributed by atoms with E-state index >= 15 is 0 Å². The van der Waals surface area contributed by atoms with Crippen molar-refractivity contribution in [2.45, 2.75) is 24.9 Å². The molecule has 1 heterocycles. The predicted molar refractivity (Wildman–Crippen MR) is 69.8 cm³/mol. The van der Waals surface area contributed by atoms with Crippen LogP contribution in [0.3, 0.4) is 0 Å². The van der Waals surface area contributed by atoms with Gasteiger partial charge in [-0.1, -0.05) is 6.07 Å². The second-order valence-electron chi connectivity index (χ2n) is 4.93. The molecule has 106 valence electrons. The minimum absolute atomic E-state index is 0.0989. The molecule has 2 rings (SSSR count). The number of nitrogens with zero attached hydrogens (tertiary/aromatic N) is 1. The lowest BCUT2D eigenvalue weighted by molar-refractivity contribution is 0.0293. The lowest BCUT2D eigenvalue weighted by Gasteiger charge is -2.36. The molecule has 1 unspecified atom stereocenters. The van der Waals surface area contributed by atoms with E-state index in [1.165, 1.54) is 6.07 Å². The summed E-state index contributed by atoms with van der Waals surface area (Å²) in [6.45, 7) is 1.85. The van der Waals surface area contributed by atoms with Crippen molar-refractivity contribution in [2.75, 3.05) is 26.8 Å². The third kappa shape index (κ3) is 3.29. The number of rotatable bonds is 4. The minimum atomic E-state index is -0.826. The van der Waals surface area contributed by atoms with Crippen molar-refractivity contribution in [3.8, 4) is 0 Å². The van der Waals surface area contributed by atoms with Crippen molar-refractivity contribution >= 4 is 0 Å². The van der Waals surface area contributed by atoms with Crippen LogP contribution in [0.5, 0.6) is 0 Å². The van der Waals surface area contributed by atoms with Crippen molar-refractivity contribution < 1.29 is 13.5 Å². The van der Waals surface area contributed by atoms with Gasteiger partial charge in [-0.15, -0.1) is 0 Å². The van der Waals surface area contributed by atoms with E-state index in [1.54, 1.807) is 6.07 Å². The fraction of sp³-hybridized carbons (Fsp3) is 0.571. The van der Waals surface area contributed by atoms with E-state index in [1.807, 2.05) is 7.05 Å². The number of benzene rings is 1. The van der Waals surface area contributed by atoms with Crippen LogP contribution >= 0.6 is 0 Å². The summed E-state index contributed by atoms with van der Waals surface area (Å²) in [7, 11) is 1.98. The fourth-order valence-electron chi connectivity index (χ4n) is 2.60. The number of nitrogens with two attached hydrogens (primary N) is 1. The van der Waals surface area contributed by atoms with Gasteiger partial charge in [0.05, 0.1) is 0 Å². The molecule has 0 aromatic heterocycles. The van der Waals surface area contributed by atoms with E-state index in [-0.39, 0.29) is 6.04 Å². The van der Waals surface area contributed by atoms with Crippen LogP contribution < -0.4 is 5.73 Å². The summed E-state index contributed by atoms with van der Waals surface area (Å²) in [5.74, 6) is -1.65. The van der Waals surface area contributed by atoms with E-state index in [9.17, 15) is 8.78 Å². The third-order valence-corrected chi connectivity index (χ3v) is 3.81. The number of likely N-dealkylation sites (N-methyl/N-ethyl adjacent to an activating group) is 1. The molecule has 0 spiro atoms. The van der Waals surface area contributed by atoms with E-state index in [0.717, 1.165) is 37.7 Å². The third-order valence-electron chi connectivity index (χ3n) is 3.81. The highest BCUT2D eigenvalue weighted by atomic mass is 19.2. The van der Waals surface area contributed by atoms with Gasteiger partial charge in [-0.05, 0) is 37.6 Å². The van der Waals surface area contributed by atoms with Crippen LogP contribution in [-0.4, -0.2) is 37.7 Å². The van der Waals surface area contributed by atoms with Crippen LogP contribution in [0.1, 0.15) is 24.4 Å². The van der Waals surface area contributed by atoms with Gasteiger partial charge in [0.2, 0.25) is 0 Å². The summed E-state index contributed by atoms with van der Waals surface area (Å²) >= 11 is 0. The number of hydrogen-bond donors (Lipinski definition) is 1. The Morgan fingerprint density at radius 2 is 2.00 bits per heavy atom. The zero-order valence-electron chi connectivity index (χ0n) is 11.1. The second-order valence-corrected chi connectivity index (χ2v) is 4.93. The number of hydrogen-bond acceptors (Lipinski definition) is 3. The average molecular weight is 270 g/mol. The predicted octanol–water partition coefficient (Wildman–Crippen LogP) is 2.08. The molecule has 2 N–H and O–H groups in total. The molecule has 0 amide bonds. The Hall–Kier alpha value is -1.04. The van der Waals surface area contributed by atoms with Crippen LogP contribution in [0.2, 0.25) is 0 Å². The van der Waals surface area contributed by atoms with Crippen LogP contribution in [0, 0.1) is 11.6 Å². The Morgan fingerprint density at radius 1 is 1.32 bits per heavy atom. The Morgan fingerprint density at radius 3 is 2.58 bits per heavy atom. The molecule has 1 aromatic rings. The van der Waals surface area contributed by atoms with Crippen molar-refractivity contribution in [3.05, 3.63) is 35.4 Å². The molecular formula is C14H20F2N2O. The molecule has 1 aliphatic heterocycles. The van der Waals surface area contributed by atoms with Gasteiger partial charge in [0, 0.05) is 31.8 Å². The Balaban J connectivity index is 2.15. The van der Waals surface area contributed by atoms with Gasteiger partial charge in [-0.3, -0.25) is 4.90 Å². The van der Waals surface area contributed by atoms with Gasteiger partial charge in [-0.25, -0.2) is 8.78 Å². The summed E-state index contributed by atoms with van der Waals surface area (Å²) in [6, 6.07) is 4.27. The van der Waals surface area contributed by atoms with Gasteiger partial charge in [0.15, 0.2) is 11.6 Å². The first-order valence-electron chi connectivity index (χ1n) is 6.58. The maximum absolute atomic E-state index is 13.3. The van der Waals surface area contributed by atoms with Gasteiger partial charge in [0.1, 0.15) is 0 Å². The molecule has 1 fully saturated rings. The zero-order valence-corrected chi connectivity index (χ0v) is 11.1. The fourth-order valence-corrected chi connectivity index (χ4v) is 2.60. The van der Waals surface area contributed by atoms with Gasteiger partial charge in [-0.2, -0.15) is 0 Å². The summed E-state index contributed by atoms with van der Waals surface area (Å²) in [4.78, 5) is 2.15. The molecule has 1 atom stereocenters. The molecular weight excluding hydrogens is 250 g/mol. The first-order chi connectivity index (χ1) is 9.13. The number of halogens is 2. The SMILES string of the molecule is CN(C1CCOCC1)C(CN)c1ccc(F)c(F)c1. The molecule has 19 heavy (non-hydrogen) atoms. The molecule has 1 saturated heterocycles. The summed E-state index contributed by atoms with van der Waals surface area (Å²) in [6.07, 6.45) is 1.88. The Kier molecular flexibility index (Phi) is 4.85.